The number of methoxy groups -OCH3 is 1. The fraction of sp³-hybridized carbons (Fsp3) is 0.500. The Morgan fingerprint density at radius 2 is 2.21 bits per heavy atom. The van der Waals surface area contributed by atoms with Crippen molar-refractivity contribution in [3.05, 3.63) is 23.8 Å². The van der Waals surface area contributed by atoms with Gasteiger partial charge in [-0.05, 0) is 24.0 Å². The van der Waals surface area contributed by atoms with Gasteiger partial charge in [0.2, 0.25) is 0 Å². The lowest BCUT2D eigenvalue weighted by Crippen LogP contribution is -2.22. The number of anilines is 1. The van der Waals surface area contributed by atoms with Gasteiger partial charge in [0.1, 0.15) is 5.75 Å². The molecule has 1 aliphatic rings. The van der Waals surface area contributed by atoms with Crippen molar-refractivity contribution in [2.24, 2.45) is 5.92 Å². The molecule has 1 aromatic rings. The van der Waals surface area contributed by atoms with E-state index < -0.39 is 0 Å². The zero-order chi connectivity index (χ0) is 10.1. The highest BCUT2D eigenvalue weighted by molar-refractivity contribution is 5.66. The van der Waals surface area contributed by atoms with Crippen LogP contribution in [0.5, 0.6) is 5.75 Å². The number of benzene rings is 1. The van der Waals surface area contributed by atoms with Gasteiger partial charge in [-0.15, -0.1) is 0 Å². The average Bonchev–Trinajstić information content (AvgIpc) is 2.60. The molecule has 1 aromatic carbocycles. The van der Waals surface area contributed by atoms with Crippen LogP contribution < -0.4 is 10.1 Å². The Morgan fingerprint density at radius 3 is 2.86 bits per heavy atom. The summed E-state index contributed by atoms with van der Waals surface area (Å²) in [5.41, 5.74) is 2.57. The van der Waals surface area contributed by atoms with E-state index in [0.29, 0.717) is 12.0 Å². The lowest BCUT2D eigenvalue weighted by atomic mass is 10.0. The van der Waals surface area contributed by atoms with E-state index in [9.17, 15) is 0 Å². The summed E-state index contributed by atoms with van der Waals surface area (Å²) in [4.78, 5) is 0. The molecule has 0 aliphatic carbocycles. The lowest BCUT2D eigenvalue weighted by molar-refractivity contribution is 0.416. The molecule has 0 saturated carbocycles. The van der Waals surface area contributed by atoms with E-state index in [4.69, 9.17) is 4.74 Å². The van der Waals surface area contributed by atoms with E-state index in [-0.39, 0.29) is 0 Å². The number of para-hydroxylation sites is 1. The number of rotatable bonds is 2. The number of nitrogens with one attached hydrogen (secondary N) is 1. The molecule has 2 heteroatoms. The smallest absolute Gasteiger partial charge is 0.142 e. The van der Waals surface area contributed by atoms with Crippen LogP contribution in [0.25, 0.3) is 0 Å². The summed E-state index contributed by atoms with van der Waals surface area (Å²) in [5.74, 6) is 1.62. The molecule has 0 saturated heterocycles. The maximum absolute atomic E-state index is 5.32. The maximum atomic E-state index is 5.32. The molecular formula is C12H17NO. The summed E-state index contributed by atoms with van der Waals surface area (Å²) in [5, 5.41) is 3.53. The fourth-order valence-corrected chi connectivity index (χ4v) is 1.96. The van der Waals surface area contributed by atoms with Crippen LogP contribution in [-0.2, 0) is 6.42 Å². The molecule has 1 unspecified atom stereocenters. The number of fused-ring (bicyclic) bond motifs is 1. The molecule has 0 bridgehead atoms. The molecular weight excluding hydrogens is 174 g/mol. The second-order valence-electron chi connectivity index (χ2n) is 4.19. The second kappa shape index (κ2) is 3.52. The van der Waals surface area contributed by atoms with Gasteiger partial charge >= 0.3 is 0 Å². The Kier molecular flexibility index (Phi) is 2.36. The zero-order valence-electron chi connectivity index (χ0n) is 9.00. The van der Waals surface area contributed by atoms with Crippen LogP contribution in [-0.4, -0.2) is 13.2 Å². The minimum absolute atomic E-state index is 0.557. The Labute approximate surface area is 85.3 Å². The summed E-state index contributed by atoms with van der Waals surface area (Å²) < 4.78 is 5.32. The Morgan fingerprint density at radius 1 is 1.43 bits per heavy atom. The number of hydrogen-bond donors (Lipinski definition) is 1. The van der Waals surface area contributed by atoms with Crippen molar-refractivity contribution in [1.29, 1.82) is 0 Å². The molecule has 14 heavy (non-hydrogen) atoms. The van der Waals surface area contributed by atoms with Gasteiger partial charge in [-0.3, -0.25) is 0 Å². The maximum Gasteiger partial charge on any atom is 0.142 e. The van der Waals surface area contributed by atoms with Crippen molar-refractivity contribution >= 4 is 5.69 Å². The first-order chi connectivity index (χ1) is 6.72. The molecule has 0 spiro atoms. The van der Waals surface area contributed by atoms with Gasteiger partial charge < -0.3 is 10.1 Å². The van der Waals surface area contributed by atoms with Gasteiger partial charge in [0.05, 0.1) is 12.8 Å². The third-order valence-corrected chi connectivity index (χ3v) is 2.91. The van der Waals surface area contributed by atoms with Gasteiger partial charge in [-0.25, -0.2) is 0 Å². The van der Waals surface area contributed by atoms with Crippen LogP contribution in [0.2, 0.25) is 0 Å². The lowest BCUT2D eigenvalue weighted by Gasteiger charge is -2.15. The predicted molar refractivity (Wildman–Crippen MR) is 58.9 cm³/mol. The van der Waals surface area contributed by atoms with E-state index in [1.54, 1.807) is 7.11 Å². The number of ether oxygens (including phenoxy) is 1. The Hall–Kier alpha value is -1.18. The van der Waals surface area contributed by atoms with Crippen LogP contribution in [0.3, 0.4) is 0 Å². The standard InChI is InChI=1S/C12H17NO/c1-8(2)10-7-9-5-4-6-11(14-3)12(9)13-10/h4-6,8,10,13H,7H2,1-3H3. The SMILES string of the molecule is COc1cccc2c1NC(C(C)C)C2. The summed E-state index contributed by atoms with van der Waals surface area (Å²) in [6.07, 6.45) is 1.12. The molecule has 2 nitrogen and oxygen atoms in total. The van der Waals surface area contributed by atoms with Gasteiger partial charge in [-0.2, -0.15) is 0 Å². The Bertz CT molecular complexity index is 333. The molecule has 0 aromatic heterocycles. The van der Waals surface area contributed by atoms with Gasteiger partial charge in [0.25, 0.3) is 0 Å². The first kappa shape index (κ1) is 9.38. The number of hydrogen-bond acceptors (Lipinski definition) is 2. The Balaban J connectivity index is 2.30. The van der Waals surface area contributed by atoms with E-state index in [0.717, 1.165) is 12.2 Å². The van der Waals surface area contributed by atoms with Crippen LogP contribution in [0.1, 0.15) is 19.4 Å². The first-order valence-corrected chi connectivity index (χ1v) is 5.14. The van der Waals surface area contributed by atoms with Gasteiger partial charge in [0.15, 0.2) is 0 Å². The minimum Gasteiger partial charge on any atom is -0.495 e. The monoisotopic (exact) mass is 191 g/mol. The molecule has 1 atom stereocenters. The van der Waals surface area contributed by atoms with Crippen molar-refractivity contribution < 1.29 is 4.74 Å². The molecule has 0 amide bonds. The third kappa shape index (κ3) is 1.45. The normalized spacial score (nSPS) is 19.3. The van der Waals surface area contributed by atoms with Crippen LogP contribution in [0, 0.1) is 5.92 Å². The quantitative estimate of drug-likeness (QED) is 0.776. The first-order valence-electron chi connectivity index (χ1n) is 5.14. The largest absolute Gasteiger partial charge is 0.495 e. The van der Waals surface area contributed by atoms with Crippen molar-refractivity contribution in [3.63, 3.8) is 0 Å². The van der Waals surface area contributed by atoms with Crippen molar-refractivity contribution in [2.75, 3.05) is 12.4 Å². The molecule has 0 radical (unpaired) electrons. The highest BCUT2D eigenvalue weighted by Gasteiger charge is 2.25. The molecule has 1 aliphatic heterocycles. The van der Waals surface area contributed by atoms with Crippen molar-refractivity contribution in [1.82, 2.24) is 0 Å². The molecule has 1 heterocycles. The van der Waals surface area contributed by atoms with Gasteiger partial charge in [0, 0.05) is 6.04 Å². The summed E-state index contributed by atoms with van der Waals surface area (Å²) in [6, 6.07) is 6.80. The topological polar surface area (TPSA) is 21.3 Å². The van der Waals surface area contributed by atoms with Crippen molar-refractivity contribution in [2.45, 2.75) is 26.3 Å². The molecule has 0 fully saturated rings. The van der Waals surface area contributed by atoms with E-state index in [2.05, 4.69) is 31.3 Å². The minimum atomic E-state index is 0.557. The molecule has 76 valence electrons. The second-order valence-corrected chi connectivity index (χ2v) is 4.19. The summed E-state index contributed by atoms with van der Waals surface area (Å²) >= 11 is 0. The predicted octanol–water partition coefficient (Wildman–Crippen LogP) is 2.69. The fourth-order valence-electron chi connectivity index (χ4n) is 1.96. The van der Waals surface area contributed by atoms with Gasteiger partial charge in [-0.1, -0.05) is 26.0 Å². The van der Waals surface area contributed by atoms with E-state index in [1.807, 2.05) is 6.07 Å². The van der Waals surface area contributed by atoms with E-state index in [1.165, 1.54) is 11.3 Å². The highest BCUT2D eigenvalue weighted by Crippen LogP contribution is 2.36. The van der Waals surface area contributed by atoms with Crippen molar-refractivity contribution in [3.8, 4) is 5.75 Å². The zero-order valence-corrected chi connectivity index (χ0v) is 9.00. The molecule has 2 rings (SSSR count). The summed E-state index contributed by atoms with van der Waals surface area (Å²) in [7, 11) is 1.72. The van der Waals surface area contributed by atoms with Crippen LogP contribution in [0.4, 0.5) is 5.69 Å². The highest BCUT2D eigenvalue weighted by atomic mass is 16.5. The van der Waals surface area contributed by atoms with Crippen LogP contribution >= 0.6 is 0 Å². The average molecular weight is 191 g/mol. The van der Waals surface area contributed by atoms with E-state index >= 15 is 0 Å². The van der Waals surface area contributed by atoms with Crippen LogP contribution in [0.15, 0.2) is 18.2 Å². The molecule has 1 N–H and O–H groups in total. The third-order valence-electron chi connectivity index (χ3n) is 2.91. The summed E-state index contributed by atoms with van der Waals surface area (Å²) in [6.45, 7) is 4.49.